The molecule has 3 heteroatoms. The number of hydrogen-bond acceptors (Lipinski definition) is 3. The first kappa shape index (κ1) is 10.9. The van der Waals surface area contributed by atoms with Crippen LogP contribution in [0.1, 0.15) is 37.3 Å². The fourth-order valence-corrected chi connectivity index (χ4v) is 2.74. The van der Waals surface area contributed by atoms with Crippen LogP contribution >= 0.6 is 0 Å². The molecule has 17 heavy (non-hydrogen) atoms. The zero-order chi connectivity index (χ0) is 11.8. The molecule has 0 amide bonds. The SMILES string of the molecule is COc1ccc2c(c1)[C@@H](N)CC(C1CCC1)O2. The highest BCUT2D eigenvalue weighted by atomic mass is 16.5. The van der Waals surface area contributed by atoms with Gasteiger partial charge in [-0.3, -0.25) is 0 Å². The topological polar surface area (TPSA) is 44.5 Å². The van der Waals surface area contributed by atoms with E-state index in [1.54, 1.807) is 7.11 Å². The highest BCUT2D eigenvalue weighted by Crippen LogP contribution is 2.42. The fourth-order valence-electron chi connectivity index (χ4n) is 2.74. The van der Waals surface area contributed by atoms with E-state index >= 15 is 0 Å². The van der Waals surface area contributed by atoms with Crippen molar-refractivity contribution in [2.24, 2.45) is 11.7 Å². The number of ether oxygens (including phenoxy) is 2. The number of fused-ring (bicyclic) bond motifs is 1. The normalized spacial score (nSPS) is 27.9. The second kappa shape index (κ2) is 4.22. The average molecular weight is 233 g/mol. The third-order valence-corrected chi connectivity index (χ3v) is 4.06. The molecule has 1 fully saturated rings. The van der Waals surface area contributed by atoms with E-state index in [4.69, 9.17) is 15.2 Å². The Hall–Kier alpha value is -1.22. The molecule has 0 saturated heterocycles. The standard InChI is InChI=1S/C14H19NO2/c1-16-10-5-6-13-11(7-10)12(15)8-14(17-13)9-3-2-4-9/h5-7,9,12,14H,2-4,8,15H2,1H3/t12-,14?/m0/s1. The molecule has 1 aromatic carbocycles. The summed E-state index contributed by atoms with van der Waals surface area (Å²) in [6.07, 6.45) is 5.19. The van der Waals surface area contributed by atoms with Crippen LogP contribution in [0.5, 0.6) is 11.5 Å². The van der Waals surface area contributed by atoms with Crippen LogP contribution in [-0.2, 0) is 0 Å². The second-order valence-corrected chi connectivity index (χ2v) is 5.09. The third kappa shape index (κ3) is 1.89. The molecule has 1 aliphatic heterocycles. The first-order valence-corrected chi connectivity index (χ1v) is 6.38. The maximum absolute atomic E-state index is 6.24. The van der Waals surface area contributed by atoms with Crippen LogP contribution in [0.15, 0.2) is 18.2 Å². The van der Waals surface area contributed by atoms with Crippen molar-refractivity contribution in [1.82, 2.24) is 0 Å². The summed E-state index contributed by atoms with van der Waals surface area (Å²) in [6, 6.07) is 6.00. The van der Waals surface area contributed by atoms with Gasteiger partial charge in [-0.25, -0.2) is 0 Å². The van der Waals surface area contributed by atoms with Crippen molar-refractivity contribution < 1.29 is 9.47 Å². The van der Waals surface area contributed by atoms with Crippen molar-refractivity contribution in [2.45, 2.75) is 37.8 Å². The maximum Gasteiger partial charge on any atom is 0.124 e. The van der Waals surface area contributed by atoms with Crippen molar-refractivity contribution in [1.29, 1.82) is 0 Å². The van der Waals surface area contributed by atoms with Crippen molar-refractivity contribution in [3.05, 3.63) is 23.8 Å². The van der Waals surface area contributed by atoms with Gasteiger partial charge in [-0.15, -0.1) is 0 Å². The lowest BCUT2D eigenvalue weighted by atomic mass is 9.77. The molecule has 0 radical (unpaired) electrons. The molecule has 2 aliphatic rings. The minimum atomic E-state index is 0.0828. The van der Waals surface area contributed by atoms with E-state index in [0.29, 0.717) is 6.10 Å². The van der Waals surface area contributed by atoms with E-state index in [1.165, 1.54) is 19.3 Å². The molecule has 1 aliphatic carbocycles. The Morgan fingerprint density at radius 1 is 1.35 bits per heavy atom. The van der Waals surface area contributed by atoms with Gasteiger partial charge in [-0.1, -0.05) is 6.42 Å². The Balaban J connectivity index is 1.85. The summed E-state index contributed by atoms with van der Waals surface area (Å²) in [5, 5.41) is 0. The van der Waals surface area contributed by atoms with Gasteiger partial charge in [0.1, 0.15) is 17.6 Å². The molecule has 92 valence electrons. The Morgan fingerprint density at radius 3 is 2.82 bits per heavy atom. The lowest BCUT2D eigenvalue weighted by Gasteiger charge is -2.39. The molecule has 2 atom stereocenters. The summed E-state index contributed by atoms with van der Waals surface area (Å²) in [6.45, 7) is 0. The first-order chi connectivity index (χ1) is 8.28. The zero-order valence-electron chi connectivity index (χ0n) is 10.2. The molecule has 1 saturated carbocycles. The van der Waals surface area contributed by atoms with Crippen LogP contribution in [0.3, 0.4) is 0 Å². The molecule has 0 spiro atoms. The molecule has 1 heterocycles. The van der Waals surface area contributed by atoms with Crippen molar-refractivity contribution >= 4 is 0 Å². The largest absolute Gasteiger partial charge is 0.497 e. The number of methoxy groups -OCH3 is 1. The van der Waals surface area contributed by atoms with Crippen molar-refractivity contribution in [2.75, 3.05) is 7.11 Å². The summed E-state index contributed by atoms with van der Waals surface area (Å²) >= 11 is 0. The van der Waals surface area contributed by atoms with Gasteiger partial charge < -0.3 is 15.2 Å². The molecular formula is C14H19NO2. The molecule has 1 unspecified atom stereocenters. The lowest BCUT2D eigenvalue weighted by molar-refractivity contribution is 0.0578. The van der Waals surface area contributed by atoms with E-state index in [-0.39, 0.29) is 6.04 Å². The Bertz CT molecular complexity index is 415. The van der Waals surface area contributed by atoms with Crippen LogP contribution < -0.4 is 15.2 Å². The Labute approximate surface area is 102 Å². The van der Waals surface area contributed by atoms with E-state index in [0.717, 1.165) is 29.4 Å². The Kier molecular flexibility index (Phi) is 2.71. The van der Waals surface area contributed by atoms with Crippen molar-refractivity contribution in [3.8, 4) is 11.5 Å². The van der Waals surface area contributed by atoms with E-state index in [9.17, 15) is 0 Å². The number of rotatable bonds is 2. The quantitative estimate of drug-likeness (QED) is 0.854. The van der Waals surface area contributed by atoms with Gasteiger partial charge in [0.25, 0.3) is 0 Å². The van der Waals surface area contributed by atoms with Gasteiger partial charge in [-0.05, 0) is 37.0 Å². The average Bonchev–Trinajstić information content (AvgIpc) is 2.26. The highest BCUT2D eigenvalue weighted by molar-refractivity contribution is 5.43. The molecular weight excluding hydrogens is 214 g/mol. The van der Waals surface area contributed by atoms with Gasteiger partial charge in [0.15, 0.2) is 0 Å². The van der Waals surface area contributed by atoms with Crippen LogP contribution in [-0.4, -0.2) is 13.2 Å². The summed E-state index contributed by atoms with van der Waals surface area (Å²) < 4.78 is 11.3. The summed E-state index contributed by atoms with van der Waals surface area (Å²) in [5.41, 5.74) is 7.32. The van der Waals surface area contributed by atoms with E-state index < -0.39 is 0 Å². The van der Waals surface area contributed by atoms with Gasteiger partial charge in [0.05, 0.1) is 7.11 Å². The van der Waals surface area contributed by atoms with Crippen LogP contribution in [0.25, 0.3) is 0 Å². The minimum Gasteiger partial charge on any atom is -0.497 e. The number of nitrogens with two attached hydrogens (primary N) is 1. The predicted octanol–water partition coefficient (Wildman–Crippen LogP) is 2.65. The van der Waals surface area contributed by atoms with E-state index in [1.807, 2.05) is 18.2 Å². The van der Waals surface area contributed by atoms with Gasteiger partial charge in [0, 0.05) is 18.0 Å². The van der Waals surface area contributed by atoms with Crippen LogP contribution in [0, 0.1) is 5.92 Å². The van der Waals surface area contributed by atoms with E-state index in [2.05, 4.69) is 0 Å². The monoisotopic (exact) mass is 233 g/mol. The highest BCUT2D eigenvalue weighted by Gasteiger charge is 2.34. The second-order valence-electron chi connectivity index (χ2n) is 5.09. The molecule has 3 nitrogen and oxygen atoms in total. The fraction of sp³-hybridized carbons (Fsp3) is 0.571. The summed E-state index contributed by atoms with van der Waals surface area (Å²) in [7, 11) is 1.67. The van der Waals surface area contributed by atoms with Gasteiger partial charge in [0.2, 0.25) is 0 Å². The molecule has 0 aromatic heterocycles. The lowest BCUT2D eigenvalue weighted by Crippen LogP contribution is -2.38. The maximum atomic E-state index is 6.24. The van der Waals surface area contributed by atoms with Crippen LogP contribution in [0.2, 0.25) is 0 Å². The molecule has 3 rings (SSSR count). The number of benzene rings is 1. The molecule has 1 aromatic rings. The minimum absolute atomic E-state index is 0.0828. The van der Waals surface area contributed by atoms with Crippen molar-refractivity contribution in [3.63, 3.8) is 0 Å². The Morgan fingerprint density at radius 2 is 2.18 bits per heavy atom. The predicted molar refractivity (Wildman–Crippen MR) is 66.3 cm³/mol. The number of hydrogen-bond donors (Lipinski definition) is 1. The first-order valence-electron chi connectivity index (χ1n) is 6.38. The van der Waals surface area contributed by atoms with Crippen LogP contribution in [0.4, 0.5) is 0 Å². The summed E-state index contributed by atoms with van der Waals surface area (Å²) in [5.74, 6) is 2.52. The summed E-state index contributed by atoms with van der Waals surface area (Å²) in [4.78, 5) is 0. The third-order valence-electron chi connectivity index (χ3n) is 4.06. The van der Waals surface area contributed by atoms with Gasteiger partial charge in [-0.2, -0.15) is 0 Å². The smallest absolute Gasteiger partial charge is 0.124 e. The molecule has 0 bridgehead atoms. The zero-order valence-corrected chi connectivity index (χ0v) is 10.2. The molecule has 2 N–H and O–H groups in total. The van der Waals surface area contributed by atoms with Gasteiger partial charge >= 0.3 is 0 Å².